The SMILES string of the molecule is CCc1ccc(NC(=O)COC(=O)/C=C/c2ccc3cc(OC)ccc3c2)cc1. The summed E-state index contributed by atoms with van der Waals surface area (Å²) in [5.41, 5.74) is 2.72. The summed E-state index contributed by atoms with van der Waals surface area (Å²) in [5, 5.41) is 4.79. The molecule has 0 aliphatic carbocycles. The number of carbonyl (C=O) groups is 2. The lowest BCUT2D eigenvalue weighted by molar-refractivity contribution is -0.142. The predicted molar refractivity (Wildman–Crippen MR) is 115 cm³/mol. The van der Waals surface area contributed by atoms with Gasteiger partial charge in [-0.25, -0.2) is 4.79 Å². The van der Waals surface area contributed by atoms with Crippen molar-refractivity contribution < 1.29 is 19.1 Å². The summed E-state index contributed by atoms with van der Waals surface area (Å²) in [5.74, 6) is -0.157. The molecule has 3 rings (SSSR count). The second kappa shape index (κ2) is 9.55. The third-order valence-corrected chi connectivity index (χ3v) is 4.47. The van der Waals surface area contributed by atoms with Crippen molar-refractivity contribution in [1.82, 2.24) is 0 Å². The number of benzene rings is 3. The smallest absolute Gasteiger partial charge is 0.331 e. The molecule has 0 aliphatic rings. The number of hydrogen-bond donors (Lipinski definition) is 1. The largest absolute Gasteiger partial charge is 0.497 e. The maximum Gasteiger partial charge on any atom is 0.331 e. The summed E-state index contributed by atoms with van der Waals surface area (Å²) < 4.78 is 10.2. The average Bonchev–Trinajstić information content (AvgIpc) is 2.76. The van der Waals surface area contributed by atoms with Gasteiger partial charge in [-0.15, -0.1) is 0 Å². The quantitative estimate of drug-likeness (QED) is 0.474. The van der Waals surface area contributed by atoms with Crippen molar-refractivity contribution in [2.24, 2.45) is 0 Å². The van der Waals surface area contributed by atoms with Crippen LogP contribution in [0.1, 0.15) is 18.1 Å². The van der Waals surface area contributed by atoms with Gasteiger partial charge in [0.25, 0.3) is 5.91 Å². The number of anilines is 1. The molecule has 0 fully saturated rings. The van der Waals surface area contributed by atoms with Gasteiger partial charge in [0.05, 0.1) is 7.11 Å². The molecule has 5 nitrogen and oxygen atoms in total. The van der Waals surface area contributed by atoms with Crippen molar-refractivity contribution in [3.63, 3.8) is 0 Å². The number of carbonyl (C=O) groups excluding carboxylic acids is 2. The maximum atomic E-state index is 11.9. The molecule has 29 heavy (non-hydrogen) atoms. The third kappa shape index (κ3) is 5.69. The summed E-state index contributed by atoms with van der Waals surface area (Å²) in [6, 6.07) is 19.2. The Morgan fingerprint density at radius 1 is 0.966 bits per heavy atom. The Morgan fingerprint density at radius 3 is 2.41 bits per heavy atom. The van der Waals surface area contributed by atoms with Gasteiger partial charge in [-0.1, -0.05) is 37.3 Å². The van der Waals surface area contributed by atoms with Gasteiger partial charge >= 0.3 is 5.97 Å². The van der Waals surface area contributed by atoms with Crippen molar-refractivity contribution in [2.75, 3.05) is 19.0 Å². The van der Waals surface area contributed by atoms with Gasteiger partial charge in [0.1, 0.15) is 5.75 Å². The van der Waals surface area contributed by atoms with Crippen LogP contribution in [-0.2, 0) is 20.7 Å². The number of ether oxygens (including phenoxy) is 2. The molecule has 148 valence electrons. The van der Waals surface area contributed by atoms with Crippen molar-refractivity contribution >= 4 is 34.4 Å². The highest BCUT2D eigenvalue weighted by Gasteiger charge is 2.06. The number of aryl methyl sites for hydroxylation is 1. The molecule has 0 aromatic heterocycles. The molecule has 0 spiro atoms. The van der Waals surface area contributed by atoms with Gasteiger partial charge in [-0.3, -0.25) is 4.79 Å². The van der Waals surface area contributed by atoms with Crippen molar-refractivity contribution in [2.45, 2.75) is 13.3 Å². The molecule has 1 N–H and O–H groups in total. The first-order valence-electron chi connectivity index (χ1n) is 9.39. The van der Waals surface area contributed by atoms with Crippen LogP contribution < -0.4 is 10.1 Å². The molecule has 0 radical (unpaired) electrons. The molecular weight excluding hydrogens is 366 g/mol. The Balaban J connectivity index is 1.52. The Hall–Kier alpha value is -3.60. The Kier molecular flexibility index (Phi) is 6.63. The highest BCUT2D eigenvalue weighted by atomic mass is 16.5. The van der Waals surface area contributed by atoms with Crippen LogP contribution in [0.3, 0.4) is 0 Å². The first kappa shape index (κ1) is 20.1. The average molecular weight is 389 g/mol. The van der Waals surface area contributed by atoms with E-state index in [-0.39, 0.29) is 12.5 Å². The lowest BCUT2D eigenvalue weighted by atomic mass is 10.1. The second-order valence-electron chi connectivity index (χ2n) is 6.51. The van der Waals surface area contributed by atoms with Crippen LogP contribution in [0.15, 0.2) is 66.7 Å². The zero-order valence-corrected chi connectivity index (χ0v) is 16.5. The van der Waals surface area contributed by atoms with E-state index >= 15 is 0 Å². The van der Waals surface area contributed by atoms with E-state index in [0.29, 0.717) is 5.69 Å². The molecule has 3 aromatic carbocycles. The lowest BCUT2D eigenvalue weighted by Crippen LogP contribution is -2.20. The standard InChI is InChI=1S/C24H23NO4/c1-3-17-5-10-21(11-6-17)25-23(26)16-29-24(27)13-7-18-4-8-20-15-22(28-2)12-9-19(20)14-18/h4-15H,3,16H2,1-2H3,(H,25,26)/b13-7+. The lowest BCUT2D eigenvalue weighted by Gasteiger charge is -2.06. The molecule has 0 heterocycles. The number of hydrogen-bond acceptors (Lipinski definition) is 4. The van der Waals surface area contributed by atoms with Gasteiger partial charge in [0, 0.05) is 11.8 Å². The molecule has 1 amide bonds. The van der Waals surface area contributed by atoms with Crippen molar-refractivity contribution in [3.8, 4) is 5.75 Å². The fraction of sp³-hybridized carbons (Fsp3) is 0.167. The van der Waals surface area contributed by atoms with E-state index in [1.165, 1.54) is 11.6 Å². The summed E-state index contributed by atoms with van der Waals surface area (Å²) >= 11 is 0. The fourth-order valence-electron chi connectivity index (χ4n) is 2.84. The first-order chi connectivity index (χ1) is 14.1. The van der Waals surface area contributed by atoms with E-state index in [4.69, 9.17) is 9.47 Å². The van der Waals surface area contributed by atoms with Gasteiger partial charge in [-0.2, -0.15) is 0 Å². The molecule has 0 atom stereocenters. The number of esters is 1. The van der Waals surface area contributed by atoms with Crippen LogP contribution in [0.5, 0.6) is 5.75 Å². The van der Waals surface area contributed by atoms with Crippen LogP contribution in [0, 0.1) is 0 Å². The zero-order chi connectivity index (χ0) is 20.6. The minimum absolute atomic E-state index is 0.337. The van der Waals surface area contributed by atoms with Crippen LogP contribution in [0.25, 0.3) is 16.8 Å². The fourth-order valence-corrected chi connectivity index (χ4v) is 2.84. The van der Waals surface area contributed by atoms with Crippen LogP contribution in [0.2, 0.25) is 0 Å². The highest BCUT2D eigenvalue weighted by Crippen LogP contribution is 2.22. The van der Waals surface area contributed by atoms with Crippen LogP contribution in [0.4, 0.5) is 5.69 Å². The third-order valence-electron chi connectivity index (χ3n) is 4.47. The molecule has 3 aromatic rings. The van der Waals surface area contributed by atoms with E-state index in [0.717, 1.165) is 28.5 Å². The molecule has 0 saturated heterocycles. The van der Waals surface area contributed by atoms with Crippen LogP contribution in [-0.4, -0.2) is 25.6 Å². The molecule has 0 saturated carbocycles. The number of rotatable bonds is 7. The number of nitrogens with one attached hydrogen (secondary N) is 1. The monoisotopic (exact) mass is 389 g/mol. The van der Waals surface area contributed by atoms with Gasteiger partial charge in [0.15, 0.2) is 6.61 Å². The normalized spacial score (nSPS) is 10.8. The summed E-state index contributed by atoms with van der Waals surface area (Å²) in [6.07, 6.45) is 3.91. The van der Waals surface area contributed by atoms with Crippen molar-refractivity contribution in [3.05, 3.63) is 77.9 Å². The molecule has 0 bridgehead atoms. The van der Waals surface area contributed by atoms with Gasteiger partial charge < -0.3 is 14.8 Å². The Labute approximate surface area is 170 Å². The zero-order valence-electron chi connectivity index (χ0n) is 16.5. The van der Waals surface area contributed by atoms with E-state index in [1.807, 2.05) is 60.7 Å². The van der Waals surface area contributed by atoms with E-state index in [2.05, 4.69) is 12.2 Å². The minimum Gasteiger partial charge on any atom is -0.497 e. The number of fused-ring (bicyclic) bond motifs is 1. The topological polar surface area (TPSA) is 64.6 Å². The predicted octanol–water partition coefficient (Wildman–Crippen LogP) is 4.61. The van der Waals surface area contributed by atoms with Gasteiger partial charge in [0.2, 0.25) is 0 Å². The second-order valence-corrected chi connectivity index (χ2v) is 6.51. The summed E-state index contributed by atoms with van der Waals surface area (Å²) in [7, 11) is 1.63. The number of amides is 1. The highest BCUT2D eigenvalue weighted by molar-refractivity contribution is 5.95. The van der Waals surface area contributed by atoms with E-state index in [9.17, 15) is 9.59 Å². The van der Waals surface area contributed by atoms with Crippen molar-refractivity contribution in [1.29, 1.82) is 0 Å². The van der Waals surface area contributed by atoms with E-state index < -0.39 is 5.97 Å². The van der Waals surface area contributed by atoms with E-state index in [1.54, 1.807) is 13.2 Å². The van der Waals surface area contributed by atoms with Gasteiger partial charge in [-0.05, 0) is 64.7 Å². The Bertz CT molecular complexity index is 1040. The maximum absolute atomic E-state index is 11.9. The Morgan fingerprint density at radius 2 is 1.69 bits per heavy atom. The minimum atomic E-state index is -0.573. The first-order valence-corrected chi connectivity index (χ1v) is 9.39. The molecule has 0 unspecified atom stereocenters. The number of methoxy groups -OCH3 is 1. The molecular formula is C24H23NO4. The summed E-state index contributed by atoms with van der Waals surface area (Å²) in [4.78, 5) is 23.8. The molecule has 0 aliphatic heterocycles. The summed E-state index contributed by atoms with van der Waals surface area (Å²) in [6.45, 7) is 1.73. The van der Waals surface area contributed by atoms with Crippen LogP contribution >= 0.6 is 0 Å². The molecule has 5 heteroatoms.